The average molecular weight is 547 g/mol. The fourth-order valence-electron chi connectivity index (χ4n) is 5.56. The molecule has 0 aromatic heterocycles. The largest absolute Gasteiger partial charge is 0.463 e. The Kier molecular flexibility index (Phi) is 10.2. The van der Waals surface area contributed by atoms with Gasteiger partial charge in [-0.25, -0.2) is 0 Å². The van der Waals surface area contributed by atoms with E-state index in [9.17, 15) is 19.5 Å². The lowest BCUT2D eigenvalue weighted by atomic mass is 9.91. The minimum Gasteiger partial charge on any atom is -0.463 e. The number of nitrogens with zero attached hydrogens (tertiary/aromatic N) is 1. The molecule has 7 heteroatoms. The number of ether oxygens (including phenoxy) is 1. The molecule has 2 heterocycles. The second kappa shape index (κ2) is 13.8. The Labute approximate surface area is 237 Å². The zero-order chi connectivity index (χ0) is 28.5. The SMILES string of the molecule is CC1(C)COC(=O)[C@@H](Cc2ccccc2)CCCC=CC[C@H](CC(=O)N2Cc3ccccc3C[C@H]2CO)C(=O)N1. The lowest BCUT2D eigenvalue weighted by Crippen LogP contribution is -2.51. The van der Waals surface area contributed by atoms with Gasteiger partial charge in [-0.1, -0.05) is 66.7 Å². The molecule has 0 saturated carbocycles. The van der Waals surface area contributed by atoms with Crippen LogP contribution in [0.1, 0.15) is 62.6 Å². The first-order valence-electron chi connectivity index (χ1n) is 14.4. The predicted octanol–water partition coefficient (Wildman–Crippen LogP) is 4.37. The number of carbonyl (C=O) groups is 3. The highest BCUT2D eigenvalue weighted by molar-refractivity contribution is 5.86. The fourth-order valence-corrected chi connectivity index (χ4v) is 5.56. The van der Waals surface area contributed by atoms with Crippen LogP contribution in [-0.4, -0.2) is 52.6 Å². The van der Waals surface area contributed by atoms with E-state index in [0.29, 0.717) is 32.2 Å². The molecule has 3 atom stereocenters. The summed E-state index contributed by atoms with van der Waals surface area (Å²) in [6.45, 7) is 4.01. The van der Waals surface area contributed by atoms with E-state index in [0.717, 1.165) is 29.5 Å². The molecule has 0 aliphatic carbocycles. The Balaban J connectivity index is 1.45. The van der Waals surface area contributed by atoms with Gasteiger partial charge in [0, 0.05) is 13.0 Å². The second-order valence-electron chi connectivity index (χ2n) is 11.7. The molecule has 0 spiro atoms. The maximum absolute atomic E-state index is 13.5. The Hall–Kier alpha value is -3.45. The zero-order valence-corrected chi connectivity index (χ0v) is 23.7. The molecule has 0 radical (unpaired) electrons. The van der Waals surface area contributed by atoms with Gasteiger partial charge in [-0.05, 0) is 69.1 Å². The molecule has 2 aliphatic heterocycles. The van der Waals surface area contributed by atoms with Crippen LogP contribution < -0.4 is 5.32 Å². The summed E-state index contributed by atoms with van der Waals surface area (Å²) in [6.07, 6.45) is 8.05. The summed E-state index contributed by atoms with van der Waals surface area (Å²) in [7, 11) is 0. The van der Waals surface area contributed by atoms with Crippen LogP contribution in [0.4, 0.5) is 0 Å². The number of fused-ring (bicyclic) bond motifs is 1. The van der Waals surface area contributed by atoms with Crippen molar-refractivity contribution < 1.29 is 24.2 Å². The number of carbonyl (C=O) groups excluding carboxylic acids is 3. The monoisotopic (exact) mass is 546 g/mol. The average Bonchev–Trinajstić information content (AvgIpc) is 2.95. The van der Waals surface area contributed by atoms with Crippen LogP contribution >= 0.6 is 0 Å². The van der Waals surface area contributed by atoms with Crippen molar-refractivity contribution in [2.45, 2.75) is 76.9 Å². The number of benzene rings is 2. The van der Waals surface area contributed by atoms with E-state index in [4.69, 9.17) is 4.74 Å². The van der Waals surface area contributed by atoms with Crippen LogP contribution in [0.25, 0.3) is 0 Å². The summed E-state index contributed by atoms with van der Waals surface area (Å²) in [5, 5.41) is 13.0. The molecule has 4 rings (SSSR count). The molecule has 2 N–H and O–H groups in total. The first-order valence-corrected chi connectivity index (χ1v) is 14.4. The topological polar surface area (TPSA) is 95.9 Å². The molecular formula is C33H42N2O5. The van der Waals surface area contributed by atoms with E-state index in [1.807, 2.05) is 80.6 Å². The Morgan fingerprint density at radius 2 is 1.75 bits per heavy atom. The fraction of sp³-hybridized carbons (Fsp3) is 0.485. The molecule has 0 fully saturated rings. The molecule has 2 aromatic carbocycles. The number of aliphatic hydroxyl groups is 1. The smallest absolute Gasteiger partial charge is 0.309 e. The maximum atomic E-state index is 13.5. The third-order valence-corrected chi connectivity index (χ3v) is 7.88. The Morgan fingerprint density at radius 1 is 1.02 bits per heavy atom. The van der Waals surface area contributed by atoms with Crippen molar-refractivity contribution in [3.63, 3.8) is 0 Å². The van der Waals surface area contributed by atoms with Crippen LogP contribution in [0, 0.1) is 11.8 Å². The molecule has 2 aromatic rings. The van der Waals surface area contributed by atoms with Gasteiger partial charge in [0.2, 0.25) is 11.8 Å². The number of cyclic esters (lactones) is 1. The number of esters is 1. The van der Waals surface area contributed by atoms with Gasteiger partial charge in [0.05, 0.1) is 30.0 Å². The van der Waals surface area contributed by atoms with Gasteiger partial charge in [-0.2, -0.15) is 0 Å². The van der Waals surface area contributed by atoms with Crippen molar-refractivity contribution in [1.29, 1.82) is 0 Å². The van der Waals surface area contributed by atoms with Gasteiger partial charge >= 0.3 is 5.97 Å². The van der Waals surface area contributed by atoms with Crippen LogP contribution in [-0.2, 0) is 38.5 Å². The van der Waals surface area contributed by atoms with Gasteiger partial charge in [0.25, 0.3) is 0 Å². The molecule has 7 nitrogen and oxygen atoms in total. The Bertz CT molecular complexity index is 1190. The third kappa shape index (κ3) is 8.04. The van der Waals surface area contributed by atoms with E-state index in [2.05, 4.69) is 5.32 Å². The van der Waals surface area contributed by atoms with E-state index < -0.39 is 11.5 Å². The van der Waals surface area contributed by atoms with E-state index in [1.165, 1.54) is 0 Å². The van der Waals surface area contributed by atoms with Crippen LogP contribution in [0.2, 0.25) is 0 Å². The summed E-state index contributed by atoms with van der Waals surface area (Å²) in [4.78, 5) is 41.7. The first-order chi connectivity index (χ1) is 19.3. The van der Waals surface area contributed by atoms with Gasteiger partial charge in [-0.3, -0.25) is 14.4 Å². The number of amides is 2. The van der Waals surface area contributed by atoms with Crippen molar-refractivity contribution in [2.24, 2.45) is 11.8 Å². The predicted molar refractivity (Wildman–Crippen MR) is 154 cm³/mol. The second-order valence-corrected chi connectivity index (χ2v) is 11.7. The summed E-state index contributed by atoms with van der Waals surface area (Å²) in [5.41, 5.74) is 2.52. The third-order valence-electron chi connectivity index (χ3n) is 7.88. The standard InChI is InChI=1S/C33H42N2O5/c1-33(2)23-40-32(39)27(18-24-12-6-5-7-13-24)16-9-4-3-8-15-26(31(38)34-33)20-30(37)35-21-28-17-11-10-14-25(28)19-29(35)22-36/h3,5-8,10-14,17,26-27,29,36H,4,9,15-16,18-23H2,1-2H3,(H,34,38)/t26-,27-,29+/m1/s1. The lowest BCUT2D eigenvalue weighted by Gasteiger charge is -2.37. The molecule has 0 unspecified atom stereocenters. The minimum absolute atomic E-state index is 0.0455. The highest BCUT2D eigenvalue weighted by Crippen LogP contribution is 2.26. The number of hydrogen-bond acceptors (Lipinski definition) is 5. The van der Waals surface area contributed by atoms with Crippen molar-refractivity contribution in [2.75, 3.05) is 13.2 Å². The molecule has 0 bridgehead atoms. The van der Waals surface area contributed by atoms with Gasteiger partial charge in [0.15, 0.2) is 0 Å². The summed E-state index contributed by atoms with van der Waals surface area (Å²) < 4.78 is 5.73. The molecule has 2 aliphatic rings. The van der Waals surface area contributed by atoms with E-state index in [-0.39, 0.29) is 49.4 Å². The van der Waals surface area contributed by atoms with Crippen LogP contribution in [0.5, 0.6) is 0 Å². The number of allylic oxidation sites excluding steroid dienone is 2. The molecule has 40 heavy (non-hydrogen) atoms. The highest BCUT2D eigenvalue weighted by Gasteiger charge is 2.34. The van der Waals surface area contributed by atoms with Gasteiger partial charge in [-0.15, -0.1) is 0 Å². The summed E-state index contributed by atoms with van der Waals surface area (Å²) in [5.74, 6) is -1.45. The number of aliphatic hydroxyl groups excluding tert-OH is 1. The van der Waals surface area contributed by atoms with Crippen LogP contribution in [0.15, 0.2) is 66.7 Å². The quantitative estimate of drug-likeness (QED) is 0.429. The van der Waals surface area contributed by atoms with E-state index in [1.54, 1.807) is 4.90 Å². The lowest BCUT2D eigenvalue weighted by molar-refractivity contribution is -0.151. The molecule has 0 saturated heterocycles. The van der Waals surface area contributed by atoms with Crippen molar-refractivity contribution in [1.82, 2.24) is 10.2 Å². The Morgan fingerprint density at radius 3 is 2.50 bits per heavy atom. The number of nitrogens with one attached hydrogen (secondary N) is 1. The minimum atomic E-state index is -0.795. The van der Waals surface area contributed by atoms with E-state index >= 15 is 0 Å². The van der Waals surface area contributed by atoms with Crippen molar-refractivity contribution in [3.8, 4) is 0 Å². The molecule has 2 amide bonds. The maximum Gasteiger partial charge on any atom is 0.309 e. The molecular weight excluding hydrogens is 504 g/mol. The van der Waals surface area contributed by atoms with Crippen molar-refractivity contribution in [3.05, 3.63) is 83.4 Å². The van der Waals surface area contributed by atoms with Gasteiger partial charge < -0.3 is 20.1 Å². The summed E-state index contributed by atoms with van der Waals surface area (Å²) >= 11 is 0. The number of hydrogen-bond donors (Lipinski definition) is 2. The summed E-state index contributed by atoms with van der Waals surface area (Å²) in [6, 6.07) is 17.6. The highest BCUT2D eigenvalue weighted by atomic mass is 16.5. The first kappa shape index (κ1) is 29.5. The number of rotatable bonds is 5. The normalized spacial score (nSPS) is 23.9. The van der Waals surface area contributed by atoms with Crippen LogP contribution in [0.3, 0.4) is 0 Å². The molecule has 214 valence electrons. The van der Waals surface area contributed by atoms with Gasteiger partial charge in [0.1, 0.15) is 6.61 Å². The van der Waals surface area contributed by atoms with Crippen molar-refractivity contribution >= 4 is 17.8 Å². The zero-order valence-electron chi connectivity index (χ0n) is 23.7.